The number of rotatable bonds is 5. The number of amides is 1. The van der Waals surface area contributed by atoms with E-state index < -0.39 is 12.0 Å². The smallest absolute Gasteiger partial charge is 0.320 e. The number of aliphatic carboxylic acids is 1. The largest absolute Gasteiger partial charge is 0.480 e. The van der Waals surface area contributed by atoms with E-state index in [4.69, 9.17) is 5.11 Å². The summed E-state index contributed by atoms with van der Waals surface area (Å²) in [5, 5.41) is 15.1. The van der Waals surface area contributed by atoms with Crippen LogP contribution in [0.5, 0.6) is 0 Å². The molecule has 2 unspecified atom stereocenters. The van der Waals surface area contributed by atoms with Gasteiger partial charge in [0, 0.05) is 25.7 Å². The van der Waals surface area contributed by atoms with Gasteiger partial charge in [0.25, 0.3) is 0 Å². The lowest BCUT2D eigenvalue weighted by Gasteiger charge is -2.34. The SMILES string of the molecule is CC(C)C(NCC(=O)N1CCNCC1C)C(=O)O. The highest BCUT2D eigenvalue weighted by atomic mass is 16.4. The number of carbonyl (C=O) groups excluding carboxylic acids is 1. The average molecular weight is 257 g/mol. The predicted octanol–water partition coefficient (Wildman–Crippen LogP) is -0.494. The molecule has 3 N–H and O–H groups in total. The molecule has 0 aromatic rings. The molecule has 0 radical (unpaired) electrons. The van der Waals surface area contributed by atoms with E-state index in [0.29, 0.717) is 6.54 Å². The van der Waals surface area contributed by atoms with E-state index >= 15 is 0 Å². The molecule has 104 valence electrons. The van der Waals surface area contributed by atoms with Gasteiger partial charge in [-0.15, -0.1) is 0 Å². The molecule has 1 rings (SSSR count). The van der Waals surface area contributed by atoms with Crippen LogP contribution in [0.2, 0.25) is 0 Å². The fourth-order valence-electron chi connectivity index (χ4n) is 2.12. The third-order valence-corrected chi connectivity index (χ3v) is 3.23. The second kappa shape index (κ2) is 6.70. The van der Waals surface area contributed by atoms with Crippen LogP contribution in [0, 0.1) is 5.92 Å². The predicted molar refractivity (Wildman–Crippen MR) is 68.3 cm³/mol. The second-order valence-corrected chi connectivity index (χ2v) is 5.08. The van der Waals surface area contributed by atoms with Crippen molar-refractivity contribution < 1.29 is 14.7 Å². The minimum atomic E-state index is -0.911. The average Bonchev–Trinajstić information content (AvgIpc) is 2.28. The Balaban J connectivity index is 2.46. The van der Waals surface area contributed by atoms with Crippen LogP contribution in [0.25, 0.3) is 0 Å². The Hall–Kier alpha value is -1.14. The van der Waals surface area contributed by atoms with Crippen molar-refractivity contribution in [2.45, 2.75) is 32.9 Å². The number of hydrogen-bond acceptors (Lipinski definition) is 4. The van der Waals surface area contributed by atoms with Crippen LogP contribution >= 0.6 is 0 Å². The van der Waals surface area contributed by atoms with E-state index in [9.17, 15) is 9.59 Å². The van der Waals surface area contributed by atoms with Gasteiger partial charge in [0.2, 0.25) is 5.91 Å². The zero-order valence-corrected chi connectivity index (χ0v) is 11.3. The molecule has 1 aliphatic heterocycles. The highest BCUT2D eigenvalue weighted by Gasteiger charge is 2.26. The van der Waals surface area contributed by atoms with Crippen LogP contribution in [0.1, 0.15) is 20.8 Å². The van der Waals surface area contributed by atoms with E-state index in [1.807, 2.05) is 20.8 Å². The van der Waals surface area contributed by atoms with Crippen LogP contribution in [-0.2, 0) is 9.59 Å². The van der Waals surface area contributed by atoms with Crippen LogP contribution in [0.3, 0.4) is 0 Å². The molecule has 0 bridgehead atoms. The molecular formula is C12H23N3O3. The molecule has 6 nitrogen and oxygen atoms in total. The summed E-state index contributed by atoms with van der Waals surface area (Å²) in [4.78, 5) is 24.8. The summed E-state index contributed by atoms with van der Waals surface area (Å²) < 4.78 is 0. The first-order valence-electron chi connectivity index (χ1n) is 6.40. The van der Waals surface area contributed by atoms with Crippen LogP contribution in [0.4, 0.5) is 0 Å². The van der Waals surface area contributed by atoms with Crippen molar-refractivity contribution in [2.75, 3.05) is 26.2 Å². The van der Waals surface area contributed by atoms with Gasteiger partial charge in [0.1, 0.15) is 6.04 Å². The summed E-state index contributed by atoms with van der Waals surface area (Å²) in [6, 6.07) is -0.512. The molecule has 0 saturated carbocycles. The zero-order chi connectivity index (χ0) is 13.7. The third-order valence-electron chi connectivity index (χ3n) is 3.23. The highest BCUT2D eigenvalue weighted by molar-refractivity contribution is 5.80. The summed E-state index contributed by atoms with van der Waals surface area (Å²) in [6.07, 6.45) is 0. The maximum Gasteiger partial charge on any atom is 0.320 e. The van der Waals surface area contributed by atoms with Gasteiger partial charge in [-0.05, 0) is 12.8 Å². The van der Waals surface area contributed by atoms with Gasteiger partial charge in [-0.3, -0.25) is 14.9 Å². The first-order valence-corrected chi connectivity index (χ1v) is 6.40. The van der Waals surface area contributed by atoms with Gasteiger partial charge in [-0.2, -0.15) is 0 Å². The lowest BCUT2D eigenvalue weighted by Crippen LogP contribution is -2.55. The maximum absolute atomic E-state index is 12.0. The van der Waals surface area contributed by atoms with E-state index in [0.717, 1.165) is 13.1 Å². The molecule has 1 aliphatic rings. The normalized spacial score (nSPS) is 22.0. The van der Waals surface area contributed by atoms with E-state index in [1.54, 1.807) is 4.90 Å². The van der Waals surface area contributed by atoms with Crippen molar-refractivity contribution in [1.29, 1.82) is 0 Å². The number of piperazine rings is 1. The zero-order valence-electron chi connectivity index (χ0n) is 11.3. The Morgan fingerprint density at radius 3 is 2.67 bits per heavy atom. The van der Waals surface area contributed by atoms with Crippen molar-refractivity contribution in [3.8, 4) is 0 Å². The topological polar surface area (TPSA) is 81.7 Å². The summed E-state index contributed by atoms with van der Waals surface area (Å²) >= 11 is 0. The Kier molecular flexibility index (Phi) is 5.55. The van der Waals surface area contributed by atoms with Crippen molar-refractivity contribution >= 4 is 11.9 Å². The van der Waals surface area contributed by atoms with E-state index in [-0.39, 0.29) is 24.4 Å². The van der Waals surface area contributed by atoms with Crippen LogP contribution in [-0.4, -0.2) is 60.1 Å². The molecule has 1 heterocycles. The first kappa shape index (κ1) is 14.9. The Bertz CT molecular complexity index is 307. The van der Waals surface area contributed by atoms with E-state index in [1.165, 1.54) is 0 Å². The van der Waals surface area contributed by atoms with Gasteiger partial charge >= 0.3 is 5.97 Å². The fraction of sp³-hybridized carbons (Fsp3) is 0.833. The standard InChI is InChI=1S/C12H23N3O3/c1-8(2)11(12(17)18)14-7-10(16)15-5-4-13-6-9(15)3/h8-9,11,13-14H,4-7H2,1-3H3,(H,17,18). The van der Waals surface area contributed by atoms with Crippen molar-refractivity contribution in [2.24, 2.45) is 5.92 Å². The summed E-state index contributed by atoms with van der Waals surface area (Å²) in [6.45, 7) is 7.98. The van der Waals surface area contributed by atoms with Crippen molar-refractivity contribution in [3.63, 3.8) is 0 Å². The molecule has 18 heavy (non-hydrogen) atoms. The summed E-state index contributed by atoms with van der Waals surface area (Å²) in [5.41, 5.74) is 0. The quantitative estimate of drug-likeness (QED) is 0.619. The molecule has 2 atom stereocenters. The monoisotopic (exact) mass is 257 g/mol. The number of nitrogens with one attached hydrogen (secondary N) is 2. The minimum absolute atomic E-state index is 0.0316. The summed E-state index contributed by atoms with van der Waals surface area (Å²) in [7, 11) is 0. The molecule has 0 aliphatic carbocycles. The van der Waals surface area contributed by atoms with Gasteiger partial charge in [-0.25, -0.2) is 0 Å². The summed E-state index contributed by atoms with van der Waals surface area (Å²) in [5.74, 6) is -0.988. The van der Waals surface area contributed by atoms with Crippen LogP contribution in [0.15, 0.2) is 0 Å². The highest BCUT2D eigenvalue weighted by Crippen LogP contribution is 2.04. The first-order chi connectivity index (χ1) is 8.43. The Morgan fingerprint density at radius 2 is 2.17 bits per heavy atom. The fourth-order valence-corrected chi connectivity index (χ4v) is 2.12. The number of carbonyl (C=O) groups is 2. The molecule has 0 spiro atoms. The van der Waals surface area contributed by atoms with Gasteiger partial charge in [0.15, 0.2) is 0 Å². The molecule has 1 saturated heterocycles. The van der Waals surface area contributed by atoms with Gasteiger partial charge in [-0.1, -0.05) is 13.8 Å². The third kappa shape index (κ3) is 3.96. The van der Waals surface area contributed by atoms with Gasteiger partial charge < -0.3 is 15.3 Å². The second-order valence-electron chi connectivity index (χ2n) is 5.08. The molecule has 0 aromatic heterocycles. The number of hydrogen-bond donors (Lipinski definition) is 3. The Morgan fingerprint density at radius 1 is 1.50 bits per heavy atom. The van der Waals surface area contributed by atoms with Gasteiger partial charge in [0.05, 0.1) is 6.54 Å². The Labute approximate surface area is 108 Å². The van der Waals surface area contributed by atoms with Crippen LogP contribution < -0.4 is 10.6 Å². The van der Waals surface area contributed by atoms with E-state index in [2.05, 4.69) is 10.6 Å². The number of carboxylic acids is 1. The molecule has 0 aromatic carbocycles. The number of nitrogens with zero attached hydrogens (tertiary/aromatic N) is 1. The minimum Gasteiger partial charge on any atom is -0.480 e. The molecule has 1 amide bonds. The van der Waals surface area contributed by atoms with Crippen molar-refractivity contribution in [1.82, 2.24) is 15.5 Å². The molecule has 1 fully saturated rings. The number of carboxylic acid groups (broad SMARTS) is 1. The molecular weight excluding hydrogens is 234 g/mol. The van der Waals surface area contributed by atoms with Crippen molar-refractivity contribution in [3.05, 3.63) is 0 Å². The lowest BCUT2D eigenvalue weighted by atomic mass is 10.0. The lowest BCUT2D eigenvalue weighted by molar-refractivity contribution is -0.141. The maximum atomic E-state index is 12.0. The molecule has 6 heteroatoms.